The van der Waals surface area contributed by atoms with E-state index in [0.29, 0.717) is 5.56 Å². The highest BCUT2D eigenvalue weighted by Crippen LogP contribution is 2.52. The van der Waals surface area contributed by atoms with Crippen molar-refractivity contribution < 1.29 is 14.7 Å². The molecule has 0 spiro atoms. The molecule has 1 amide bonds. The van der Waals surface area contributed by atoms with Crippen LogP contribution in [0.2, 0.25) is 0 Å². The molecular formula is C26H26N6O3. The van der Waals surface area contributed by atoms with Crippen molar-refractivity contribution in [1.29, 1.82) is 0 Å². The van der Waals surface area contributed by atoms with Gasteiger partial charge in [-0.1, -0.05) is 12.1 Å². The van der Waals surface area contributed by atoms with Gasteiger partial charge in [0.2, 0.25) is 0 Å². The van der Waals surface area contributed by atoms with Gasteiger partial charge in [-0.2, -0.15) is 0 Å². The Morgan fingerprint density at radius 1 is 1.09 bits per heavy atom. The molecule has 4 heterocycles. The Labute approximate surface area is 202 Å². The van der Waals surface area contributed by atoms with E-state index in [4.69, 9.17) is 14.9 Å². The summed E-state index contributed by atoms with van der Waals surface area (Å²) in [5.74, 6) is 0.244. The summed E-state index contributed by atoms with van der Waals surface area (Å²) < 4.78 is 7.52. The Morgan fingerprint density at radius 2 is 1.89 bits per heavy atom. The van der Waals surface area contributed by atoms with Crippen molar-refractivity contribution in [2.24, 2.45) is 0 Å². The van der Waals surface area contributed by atoms with Crippen molar-refractivity contribution in [2.75, 3.05) is 26.3 Å². The molecule has 3 aromatic heterocycles. The highest BCUT2D eigenvalue weighted by Gasteiger charge is 2.48. The molecule has 2 aliphatic rings. The van der Waals surface area contributed by atoms with Crippen molar-refractivity contribution in [3.05, 3.63) is 83.6 Å². The van der Waals surface area contributed by atoms with Crippen LogP contribution < -0.4 is 5.48 Å². The number of morpholine rings is 1. The number of carbonyl (C=O) groups is 1. The number of benzene rings is 1. The smallest absolute Gasteiger partial charge is 0.274 e. The van der Waals surface area contributed by atoms with Gasteiger partial charge in [-0.3, -0.25) is 19.3 Å². The second kappa shape index (κ2) is 8.84. The minimum absolute atomic E-state index is 0.254. The average Bonchev–Trinajstić information content (AvgIpc) is 3.62. The van der Waals surface area contributed by atoms with Crippen molar-refractivity contribution in [3.8, 4) is 11.4 Å². The number of hydrogen-bond donors (Lipinski definition) is 2. The van der Waals surface area contributed by atoms with Crippen molar-refractivity contribution in [2.45, 2.75) is 24.8 Å². The van der Waals surface area contributed by atoms with Gasteiger partial charge in [0.25, 0.3) is 5.91 Å². The van der Waals surface area contributed by atoms with Crippen LogP contribution in [0.1, 0.15) is 40.2 Å². The van der Waals surface area contributed by atoms with E-state index in [9.17, 15) is 4.79 Å². The van der Waals surface area contributed by atoms with Crippen molar-refractivity contribution >= 4 is 11.6 Å². The number of ether oxygens (including phenoxy) is 1. The number of hydroxylamine groups is 1. The number of rotatable bonds is 6. The fraction of sp³-hybridized carbons (Fsp3) is 0.308. The summed E-state index contributed by atoms with van der Waals surface area (Å²) in [6.45, 7) is 4.37. The predicted octanol–water partition coefficient (Wildman–Crippen LogP) is 2.82. The molecular weight excluding hydrogens is 444 g/mol. The van der Waals surface area contributed by atoms with Gasteiger partial charge in [0.05, 0.1) is 36.2 Å². The number of aromatic nitrogens is 4. The molecule has 35 heavy (non-hydrogen) atoms. The highest BCUT2D eigenvalue weighted by molar-refractivity contribution is 5.93. The Morgan fingerprint density at radius 3 is 2.63 bits per heavy atom. The van der Waals surface area contributed by atoms with Crippen LogP contribution in [0.3, 0.4) is 0 Å². The molecule has 9 nitrogen and oxygen atoms in total. The zero-order valence-electron chi connectivity index (χ0n) is 19.2. The van der Waals surface area contributed by atoms with Gasteiger partial charge in [-0.15, -0.1) is 0 Å². The van der Waals surface area contributed by atoms with Gasteiger partial charge < -0.3 is 4.74 Å². The first kappa shape index (κ1) is 21.8. The summed E-state index contributed by atoms with van der Waals surface area (Å²) in [5, 5.41) is 8.86. The normalized spacial score (nSPS) is 17.4. The third kappa shape index (κ3) is 4.07. The number of carbonyl (C=O) groups excluding carboxylic acids is 1. The lowest BCUT2D eigenvalue weighted by Crippen LogP contribution is -2.35. The lowest BCUT2D eigenvalue weighted by atomic mass is 9.94. The summed E-state index contributed by atoms with van der Waals surface area (Å²) in [6, 6.07) is 13.4. The van der Waals surface area contributed by atoms with Gasteiger partial charge in [0.1, 0.15) is 11.5 Å². The topological polar surface area (TPSA) is 105 Å². The summed E-state index contributed by atoms with van der Waals surface area (Å²) in [5.41, 5.74) is 6.76. The maximum absolute atomic E-state index is 11.7. The van der Waals surface area contributed by atoms with E-state index in [1.807, 2.05) is 24.4 Å². The molecule has 9 heteroatoms. The molecule has 4 aromatic rings. The van der Waals surface area contributed by atoms with Crippen LogP contribution in [0.5, 0.6) is 0 Å². The molecule has 1 saturated carbocycles. The van der Waals surface area contributed by atoms with E-state index < -0.39 is 5.91 Å². The first-order chi connectivity index (χ1) is 17.2. The summed E-state index contributed by atoms with van der Waals surface area (Å²) in [7, 11) is 0. The van der Waals surface area contributed by atoms with Crippen LogP contribution in [-0.2, 0) is 16.7 Å². The van der Waals surface area contributed by atoms with Crippen LogP contribution >= 0.6 is 0 Å². The SMILES string of the molecule is O=C(NO)c1ccc(C2(c3nccc(-c4cnc5cc(CN6CCOCC6)ccn45)n3)CC2)cc1. The molecule has 1 saturated heterocycles. The Hall–Kier alpha value is -3.66. The lowest BCUT2D eigenvalue weighted by Gasteiger charge is -2.26. The van der Waals surface area contributed by atoms with E-state index in [1.54, 1.807) is 23.8 Å². The molecule has 0 radical (unpaired) electrons. The maximum atomic E-state index is 11.7. The van der Waals surface area contributed by atoms with Gasteiger partial charge >= 0.3 is 0 Å². The van der Waals surface area contributed by atoms with Crippen LogP contribution in [0.15, 0.2) is 61.1 Å². The van der Waals surface area contributed by atoms with E-state index in [-0.39, 0.29) is 5.41 Å². The maximum Gasteiger partial charge on any atom is 0.274 e. The second-order valence-corrected chi connectivity index (χ2v) is 9.16. The Bertz CT molecular complexity index is 1370. The molecule has 1 aliphatic carbocycles. The first-order valence-electron chi connectivity index (χ1n) is 11.8. The minimum Gasteiger partial charge on any atom is -0.379 e. The second-order valence-electron chi connectivity index (χ2n) is 9.16. The highest BCUT2D eigenvalue weighted by atomic mass is 16.5. The minimum atomic E-state index is -0.527. The van der Waals surface area contributed by atoms with Gasteiger partial charge in [0.15, 0.2) is 0 Å². The fourth-order valence-electron chi connectivity index (χ4n) is 4.83. The zero-order valence-corrected chi connectivity index (χ0v) is 19.2. The molecule has 0 bridgehead atoms. The van der Waals surface area contributed by atoms with E-state index >= 15 is 0 Å². The van der Waals surface area contributed by atoms with Crippen LogP contribution in [-0.4, -0.2) is 61.7 Å². The molecule has 0 atom stereocenters. The monoisotopic (exact) mass is 470 g/mol. The number of imidazole rings is 1. The van der Waals surface area contributed by atoms with E-state index in [2.05, 4.69) is 37.6 Å². The molecule has 0 unspecified atom stereocenters. The van der Waals surface area contributed by atoms with Gasteiger partial charge in [-0.05, 0) is 54.3 Å². The van der Waals surface area contributed by atoms with Gasteiger partial charge in [0, 0.05) is 37.6 Å². The predicted molar refractivity (Wildman–Crippen MR) is 128 cm³/mol. The Balaban J connectivity index is 1.27. The Kier molecular flexibility index (Phi) is 5.52. The number of nitrogens with one attached hydrogen (secondary N) is 1. The van der Waals surface area contributed by atoms with Crippen LogP contribution in [0, 0.1) is 0 Å². The molecule has 2 N–H and O–H groups in total. The summed E-state index contributed by atoms with van der Waals surface area (Å²) in [6.07, 6.45) is 7.62. The standard InChI is InChI=1S/C26H26N6O3/c33-24(30-34)19-1-3-20(4-2-19)26(7-8-26)25-27-9-5-21(29-25)22-16-28-23-15-18(6-10-32(22)23)17-31-11-13-35-14-12-31/h1-6,9-10,15-16,34H,7-8,11-14,17H2,(H,30,33). The molecule has 6 rings (SSSR count). The number of pyridine rings is 1. The quantitative estimate of drug-likeness (QED) is 0.330. The third-order valence-electron chi connectivity index (χ3n) is 6.98. The van der Waals surface area contributed by atoms with Crippen molar-refractivity contribution in [3.63, 3.8) is 0 Å². The van der Waals surface area contributed by atoms with E-state index in [0.717, 1.165) is 74.1 Å². The van der Waals surface area contributed by atoms with Crippen molar-refractivity contribution in [1.82, 2.24) is 29.7 Å². The fourth-order valence-corrected chi connectivity index (χ4v) is 4.83. The molecule has 178 valence electrons. The number of amides is 1. The van der Waals surface area contributed by atoms with Gasteiger partial charge in [-0.25, -0.2) is 20.4 Å². The largest absolute Gasteiger partial charge is 0.379 e. The average molecular weight is 471 g/mol. The third-order valence-corrected chi connectivity index (χ3v) is 6.98. The van der Waals surface area contributed by atoms with E-state index in [1.165, 1.54) is 5.56 Å². The summed E-state index contributed by atoms with van der Waals surface area (Å²) in [4.78, 5) is 28.3. The molecule has 1 aromatic carbocycles. The zero-order chi connectivity index (χ0) is 23.8. The first-order valence-corrected chi connectivity index (χ1v) is 11.8. The molecule has 2 fully saturated rings. The number of fused-ring (bicyclic) bond motifs is 1. The lowest BCUT2D eigenvalue weighted by molar-refractivity contribution is 0.0342. The van der Waals surface area contributed by atoms with Crippen LogP contribution in [0.4, 0.5) is 0 Å². The number of nitrogens with zero attached hydrogens (tertiary/aromatic N) is 5. The number of hydrogen-bond acceptors (Lipinski definition) is 7. The molecule has 1 aliphatic heterocycles. The van der Waals surface area contributed by atoms with Crippen LogP contribution in [0.25, 0.3) is 17.0 Å². The summed E-state index contributed by atoms with van der Waals surface area (Å²) >= 11 is 0.